The van der Waals surface area contributed by atoms with Crippen LogP contribution in [0.3, 0.4) is 0 Å². The lowest BCUT2D eigenvalue weighted by Gasteiger charge is -2.20. The molecule has 3 atom stereocenters. The third-order valence-corrected chi connectivity index (χ3v) is 3.85. The molecule has 14 heteroatoms. The van der Waals surface area contributed by atoms with E-state index in [4.69, 9.17) is 19.0 Å². The Kier molecular flexibility index (Phi) is 9.64. The molecule has 2 heterocycles. The maximum atomic E-state index is 12.3. The molecule has 0 aromatic carbocycles. The fourth-order valence-electron chi connectivity index (χ4n) is 2.23. The molecule has 2 rings (SSSR count). The summed E-state index contributed by atoms with van der Waals surface area (Å²) in [6, 6.07) is 0. The maximum Gasteiger partial charge on any atom is 0.609 e. The Labute approximate surface area is 176 Å². The zero-order valence-corrected chi connectivity index (χ0v) is 18.6. The largest absolute Gasteiger partial charge is 0.609 e. The van der Waals surface area contributed by atoms with Crippen molar-refractivity contribution in [2.45, 2.75) is 18.3 Å². The van der Waals surface area contributed by atoms with E-state index in [1.807, 2.05) is 0 Å². The molecule has 0 aromatic heterocycles. The summed E-state index contributed by atoms with van der Waals surface area (Å²) in [5.74, 6) is -1.16. The molecule has 13 nitrogen and oxygen atoms in total. The van der Waals surface area contributed by atoms with Crippen LogP contribution in [0.5, 0.6) is 0 Å². The molecule has 1 unspecified atom stereocenters. The van der Waals surface area contributed by atoms with E-state index in [2.05, 4.69) is 0 Å². The molecule has 30 heavy (non-hydrogen) atoms. The van der Waals surface area contributed by atoms with Crippen LogP contribution in [0.4, 0.5) is 0 Å². The minimum absolute atomic E-state index is 0.00346. The van der Waals surface area contributed by atoms with Crippen molar-refractivity contribution in [3.8, 4) is 0 Å². The first-order chi connectivity index (χ1) is 13.9. The van der Waals surface area contributed by atoms with Crippen LogP contribution in [0, 0.1) is 0 Å². The van der Waals surface area contributed by atoms with Gasteiger partial charge < -0.3 is 28.9 Å². The third-order valence-electron chi connectivity index (χ3n) is 3.85. The molecule has 2 aliphatic heterocycles. The van der Waals surface area contributed by atoms with Crippen molar-refractivity contribution in [1.29, 1.82) is 0 Å². The number of carbonyl (C=O) groups excluding carboxylic acids is 4. The van der Waals surface area contributed by atoms with E-state index < -0.39 is 37.4 Å². The summed E-state index contributed by atoms with van der Waals surface area (Å²) in [5.41, 5.74) is 0. The van der Waals surface area contributed by atoms with Crippen molar-refractivity contribution < 1.29 is 38.2 Å². The molecule has 0 bridgehead atoms. The minimum Gasteiger partial charge on any atom is -0.391 e. The van der Waals surface area contributed by atoms with Gasteiger partial charge in [0, 0.05) is 56.4 Å². The number of hydrogen-bond donors (Lipinski definition) is 0. The Morgan fingerprint density at radius 3 is 1.57 bits per heavy atom. The van der Waals surface area contributed by atoms with Gasteiger partial charge in [0.25, 0.3) is 17.7 Å². The predicted molar refractivity (Wildman–Crippen MR) is 104 cm³/mol. The number of carbonyl (C=O) groups is 4. The van der Waals surface area contributed by atoms with E-state index in [0.29, 0.717) is 0 Å². The van der Waals surface area contributed by atoms with Gasteiger partial charge in [0.15, 0.2) is 12.2 Å². The zero-order valence-electron chi connectivity index (χ0n) is 18.6. The quantitative estimate of drug-likeness (QED) is 0.337. The Morgan fingerprint density at radius 1 is 0.833 bits per heavy atom. The molecule has 0 aromatic rings. The van der Waals surface area contributed by atoms with Crippen LogP contribution < -0.4 is 0 Å². The van der Waals surface area contributed by atoms with Crippen LogP contribution >= 0.6 is 0 Å². The Hall–Kier alpha value is -2.26. The van der Waals surface area contributed by atoms with Crippen LogP contribution in [-0.4, -0.2) is 137 Å². The highest BCUT2D eigenvalue weighted by atomic mass is 17.0. The molecule has 0 saturated carbocycles. The highest BCUT2D eigenvalue weighted by Crippen LogP contribution is 2.25. The highest BCUT2D eigenvalue weighted by molar-refractivity contribution is 6.41. The fourth-order valence-corrected chi connectivity index (χ4v) is 2.23. The van der Waals surface area contributed by atoms with Crippen molar-refractivity contribution in [1.82, 2.24) is 24.7 Å². The standard InChI is InChI=1S/C13H23BN4O7.C3H7NO/c1-15(2)11(19)8-7-22-14(23-8)18-24-9(12(20)16(3)4)10(25-18)13(21)17(5)6;1-4(2)3-5/h8-10H,7H2,1-6H3;3H,1-2H3/t8-,9-,10?;/m1./s1. The molecular formula is C16H30BN5O8. The van der Waals surface area contributed by atoms with Crippen molar-refractivity contribution in [2.75, 3.05) is 63.0 Å². The topological polar surface area (TPSA) is 121 Å². The smallest absolute Gasteiger partial charge is 0.391 e. The number of nitrogens with zero attached hydrogens (tertiary/aromatic N) is 5. The van der Waals surface area contributed by atoms with E-state index in [0.717, 1.165) is 11.5 Å². The summed E-state index contributed by atoms with van der Waals surface area (Å²) >= 11 is 0. The van der Waals surface area contributed by atoms with E-state index >= 15 is 0 Å². The van der Waals surface area contributed by atoms with E-state index in [-0.39, 0.29) is 12.5 Å². The molecule has 170 valence electrons. The van der Waals surface area contributed by atoms with Crippen LogP contribution in [0.2, 0.25) is 0 Å². The summed E-state index contributed by atoms with van der Waals surface area (Å²) in [6.07, 6.45) is -2.43. The monoisotopic (exact) mass is 431 g/mol. The van der Waals surface area contributed by atoms with Crippen LogP contribution in [0.1, 0.15) is 0 Å². The first-order valence-corrected chi connectivity index (χ1v) is 9.05. The first kappa shape index (κ1) is 25.8. The molecule has 2 aliphatic rings. The Bertz CT molecular complexity index is 605. The van der Waals surface area contributed by atoms with Crippen molar-refractivity contribution in [3.63, 3.8) is 0 Å². The van der Waals surface area contributed by atoms with Gasteiger partial charge in [-0.2, -0.15) is 0 Å². The Balaban J connectivity index is 0.000000804. The fraction of sp³-hybridized carbons (Fsp3) is 0.750. The lowest BCUT2D eigenvalue weighted by atomic mass is 10.1. The number of hydrogen-bond acceptors (Lipinski definition) is 9. The SMILES string of the molecule is CN(C)C(=O)C1ON(B2OC[C@H](C(=O)N(C)C)O2)O[C@H]1C(=O)N(C)C.CN(C)C=O. The number of amides is 4. The van der Waals surface area contributed by atoms with Gasteiger partial charge in [0.2, 0.25) is 6.41 Å². The molecule has 2 fully saturated rings. The molecular weight excluding hydrogens is 401 g/mol. The normalized spacial score (nSPS) is 23.3. The summed E-state index contributed by atoms with van der Waals surface area (Å²) in [5, 5.41) is 0.821. The van der Waals surface area contributed by atoms with Gasteiger partial charge >= 0.3 is 7.25 Å². The Morgan fingerprint density at radius 2 is 1.23 bits per heavy atom. The van der Waals surface area contributed by atoms with Gasteiger partial charge in [-0.05, 0) is 5.14 Å². The second-order valence-corrected chi connectivity index (χ2v) is 7.37. The van der Waals surface area contributed by atoms with Gasteiger partial charge in [-0.15, -0.1) is 0 Å². The summed E-state index contributed by atoms with van der Waals surface area (Å²) in [7, 11) is 11.6. The summed E-state index contributed by atoms with van der Waals surface area (Å²) in [4.78, 5) is 62.2. The number of likely N-dealkylation sites (N-methyl/N-ethyl adjacent to an activating group) is 3. The minimum atomic E-state index is -1.18. The first-order valence-electron chi connectivity index (χ1n) is 9.05. The molecule has 0 aliphatic carbocycles. The van der Waals surface area contributed by atoms with Gasteiger partial charge in [-0.25, -0.2) is 0 Å². The lowest BCUT2D eigenvalue weighted by Crippen LogP contribution is -2.47. The van der Waals surface area contributed by atoms with Gasteiger partial charge in [0.05, 0.1) is 6.61 Å². The van der Waals surface area contributed by atoms with Crippen LogP contribution in [0.15, 0.2) is 0 Å². The zero-order chi connectivity index (χ0) is 23.2. The van der Waals surface area contributed by atoms with E-state index in [1.54, 1.807) is 56.4 Å². The van der Waals surface area contributed by atoms with Gasteiger partial charge in [0.1, 0.15) is 6.10 Å². The summed E-state index contributed by atoms with van der Waals surface area (Å²) < 4.78 is 10.8. The molecule has 0 spiro atoms. The van der Waals surface area contributed by atoms with Crippen LogP contribution in [0.25, 0.3) is 0 Å². The van der Waals surface area contributed by atoms with Crippen molar-refractivity contribution in [2.24, 2.45) is 0 Å². The molecule has 0 N–H and O–H groups in total. The van der Waals surface area contributed by atoms with E-state index in [1.165, 1.54) is 19.6 Å². The lowest BCUT2D eigenvalue weighted by molar-refractivity contribution is -0.263. The van der Waals surface area contributed by atoms with Gasteiger partial charge in [-0.1, -0.05) is 0 Å². The van der Waals surface area contributed by atoms with Crippen molar-refractivity contribution >= 4 is 31.4 Å². The average Bonchev–Trinajstić information content (AvgIpc) is 3.33. The van der Waals surface area contributed by atoms with Crippen LogP contribution in [-0.2, 0) is 38.2 Å². The number of rotatable bonds is 5. The molecule has 4 amide bonds. The second-order valence-electron chi connectivity index (χ2n) is 7.37. The third kappa shape index (κ3) is 6.63. The predicted octanol–water partition coefficient (Wildman–Crippen LogP) is -2.73. The molecule has 0 radical (unpaired) electrons. The summed E-state index contributed by atoms with van der Waals surface area (Å²) in [6.45, 7) is 0.00346. The highest BCUT2D eigenvalue weighted by Gasteiger charge is 2.54. The van der Waals surface area contributed by atoms with E-state index in [9.17, 15) is 19.2 Å². The average molecular weight is 431 g/mol. The van der Waals surface area contributed by atoms with Gasteiger partial charge in [-0.3, -0.25) is 28.9 Å². The maximum absolute atomic E-state index is 12.3. The second kappa shape index (κ2) is 11.2. The van der Waals surface area contributed by atoms with Crippen molar-refractivity contribution in [3.05, 3.63) is 0 Å². The molecule has 2 saturated heterocycles.